The number of benzene rings is 2. The normalized spacial score (nSPS) is 11.6. The van der Waals surface area contributed by atoms with Gasteiger partial charge in [0.2, 0.25) is 0 Å². The number of hydrogen-bond donors (Lipinski definition) is 1. The molecule has 2 nitrogen and oxygen atoms in total. The molecule has 19 heavy (non-hydrogen) atoms. The molecule has 0 saturated heterocycles. The van der Waals surface area contributed by atoms with E-state index in [-0.39, 0.29) is 5.57 Å². The van der Waals surface area contributed by atoms with Crippen molar-refractivity contribution in [1.29, 1.82) is 0 Å². The third-order valence-corrected chi connectivity index (χ3v) is 2.83. The topological polar surface area (TPSA) is 37.3 Å². The van der Waals surface area contributed by atoms with Crippen LogP contribution in [0.3, 0.4) is 0 Å². The molecular weight excluding hydrogens is 236 g/mol. The minimum absolute atomic E-state index is 0.266. The molecule has 0 unspecified atom stereocenters. The van der Waals surface area contributed by atoms with Crippen LogP contribution in [0.1, 0.15) is 11.1 Å². The smallest absolute Gasteiger partial charge is 0.336 e. The molecule has 0 aromatic heterocycles. The number of carboxylic acids is 1. The van der Waals surface area contributed by atoms with Crippen LogP contribution in [0.2, 0.25) is 0 Å². The largest absolute Gasteiger partial charge is 0.478 e. The zero-order chi connectivity index (χ0) is 13.7. The molecule has 0 spiro atoms. The molecule has 0 aliphatic rings. The molecule has 2 rings (SSSR count). The molecule has 2 heteroatoms. The van der Waals surface area contributed by atoms with E-state index in [1.54, 1.807) is 18.2 Å². The molecule has 0 bridgehead atoms. The summed E-state index contributed by atoms with van der Waals surface area (Å²) in [5.74, 6) is -0.954. The van der Waals surface area contributed by atoms with Crippen molar-refractivity contribution in [3.05, 3.63) is 84.4 Å². The highest BCUT2D eigenvalue weighted by Gasteiger charge is 2.15. The Morgan fingerprint density at radius 1 is 0.895 bits per heavy atom. The lowest BCUT2D eigenvalue weighted by atomic mass is 9.95. The van der Waals surface area contributed by atoms with Crippen molar-refractivity contribution < 1.29 is 9.90 Å². The Kier molecular flexibility index (Phi) is 3.94. The van der Waals surface area contributed by atoms with E-state index in [2.05, 4.69) is 6.58 Å². The molecule has 0 fully saturated rings. The van der Waals surface area contributed by atoms with Crippen LogP contribution < -0.4 is 0 Å². The van der Waals surface area contributed by atoms with E-state index in [4.69, 9.17) is 0 Å². The number of carboxylic acid groups (broad SMARTS) is 1. The SMILES string of the molecule is C=CC(=C(C(=O)O)c1ccccc1)c1ccccc1. The van der Waals surface area contributed by atoms with Crippen molar-refractivity contribution >= 4 is 17.1 Å². The maximum absolute atomic E-state index is 11.6. The lowest BCUT2D eigenvalue weighted by molar-refractivity contribution is -0.130. The van der Waals surface area contributed by atoms with Gasteiger partial charge in [0.25, 0.3) is 0 Å². The zero-order valence-electron chi connectivity index (χ0n) is 10.4. The molecule has 2 aromatic carbocycles. The average Bonchev–Trinajstić information content (AvgIpc) is 2.46. The Morgan fingerprint density at radius 3 is 1.79 bits per heavy atom. The first-order valence-corrected chi connectivity index (χ1v) is 5.95. The molecule has 0 saturated carbocycles. The molecule has 94 valence electrons. The van der Waals surface area contributed by atoms with Crippen LogP contribution in [-0.4, -0.2) is 11.1 Å². The second-order valence-corrected chi connectivity index (χ2v) is 4.03. The van der Waals surface area contributed by atoms with Gasteiger partial charge in [0.15, 0.2) is 0 Å². The summed E-state index contributed by atoms with van der Waals surface area (Å²) in [5, 5.41) is 9.48. The number of carbonyl (C=O) groups is 1. The van der Waals surface area contributed by atoms with Crippen LogP contribution in [0, 0.1) is 0 Å². The predicted octanol–water partition coefficient (Wildman–Crippen LogP) is 3.87. The summed E-state index contributed by atoms with van der Waals surface area (Å²) in [5.41, 5.74) is 2.41. The Balaban J connectivity index is 2.67. The number of rotatable bonds is 4. The van der Waals surface area contributed by atoms with Gasteiger partial charge in [-0.25, -0.2) is 4.79 Å². The molecule has 0 amide bonds. The van der Waals surface area contributed by atoms with Gasteiger partial charge in [-0.05, 0) is 16.7 Å². The van der Waals surface area contributed by atoms with Crippen molar-refractivity contribution in [1.82, 2.24) is 0 Å². The minimum Gasteiger partial charge on any atom is -0.478 e. The summed E-state index contributed by atoms with van der Waals surface area (Å²) in [6.07, 6.45) is 1.59. The Hall–Kier alpha value is -2.61. The number of allylic oxidation sites excluding steroid dienone is 2. The Morgan fingerprint density at radius 2 is 1.37 bits per heavy atom. The summed E-state index contributed by atoms with van der Waals surface area (Å²) in [7, 11) is 0. The first-order valence-electron chi connectivity index (χ1n) is 5.95. The fourth-order valence-electron chi connectivity index (χ4n) is 1.98. The Bertz CT molecular complexity index is 610. The van der Waals surface area contributed by atoms with Gasteiger partial charge in [0, 0.05) is 0 Å². The van der Waals surface area contributed by atoms with Crippen molar-refractivity contribution in [2.24, 2.45) is 0 Å². The highest BCUT2D eigenvalue weighted by molar-refractivity contribution is 6.25. The summed E-state index contributed by atoms with van der Waals surface area (Å²) < 4.78 is 0. The monoisotopic (exact) mass is 250 g/mol. The Labute approximate surface area is 112 Å². The molecule has 0 aliphatic heterocycles. The lowest BCUT2D eigenvalue weighted by Gasteiger charge is -2.09. The van der Waals surface area contributed by atoms with Crippen LogP contribution in [-0.2, 0) is 4.79 Å². The zero-order valence-corrected chi connectivity index (χ0v) is 10.4. The van der Waals surface area contributed by atoms with E-state index in [9.17, 15) is 9.90 Å². The van der Waals surface area contributed by atoms with Crippen LogP contribution >= 0.6 is 0 Å². The molecule has 0 radical (unpaired) electrons. The molecular formula is C17H14O2. The van der Waals surface area contributed by atoms with E-state index < -0.39 is 5.97 Å². The fourth-order valence-corrected chi connectivity index (χ4v) is 1.98. The van der Waals surface area contributed by atoms with Gasteiger partial charge in [0.1, 0.15) is 0 Å². The van der Waals surface area contributed by atoms with Crippen LogP contribution in [0.4, 0.5) is 0 Å². The average molecular weight is 250 g/mol. The van der Waals surface area contributed by atoms with E-state index in [0.717, 1.165) is 5.56 Å². The fraction of sp³-hybridized carbons (Fsp3) is 0. The van der Waals surface area contributed by atoms with E-state index in [1.807, 2.05) is 48.5 Å². The standard InChI is InChI=1S/C17H14O2/c1-2-15(13-9-5-3-6-10-13)16(17(18)19)14-11-7-4-8-12-14/h2-12H,1H2,(H,18,19). The molecule has 0 heterocycles. The molecule has 1 N–H and O–H groups in total. The number of hydrogen-bond acceptors (Lipinski definition) is 1. The predicted molar refractivity (Wildman–Crippen MR) is 77.5 cm³/mol. The van der Waals surface area contributed by atoms with E-state index >= 15 is 0 Å². The van der Waals surface area contributed by atoms with Gasteiger partial charge >= 0.3 is 5.97 Å². The first-order chi connectivity index (χ1) is 9.24. The molecule has 2 aromatic rings. The summed E-state index contributed by atoms with van der Waals surface area (Å²) in [6.45, 7) is 3.74. The van der Waals surface area contributed by atoms with Gasteiger partial charge in [-0.3, -0.25) is 0 Å². The highest BCUT2D eigenvalue weighted by atomic mass is 16.4. The van der Waals surface area contributed by atoms with Crippen molar-refractivity contribution in [2.45, 2.75) is 0 Å². The maximum Gasteiger partial charge on any atom is 0.336 e. The van der Waals surface area contributed by atoms with E-state index in [0.29, 0.717) is 11.1 Å². The van der Waals surface area contributed by atoms with E-state index in [1.165, 1.54) is 0 Å². The van der Waals surface area contributed by atoms with Crippen molar-refractivity contribution in [3.63, 3.8) is 0 Å². The van der Waals surface area contributed by atoms with Crippen molar-refractivity contribution in [3.8, 4) is 0 Å². The van der Waals surface area contributed by atoms with Crippen molar-refractivity contribution in [2.75, 3.05) is 0 Å². The molecule has 0 aliphatic carbocycles. The van der Waals surface area contributed by atoms with Gasteiger partial charge in [0.05, 0.1) is 5.57 Å². The minimum atomic E-state index is -0.954. The summed E-state index contributed by atoms with van der Waals surface area (Å²) >= 11 is 0. The van der Waals surface area contributed by atoms with Gasteiger partial charge in [-0.15, -0.1) is 0 Å². The van der Waals surface area contributed by atoms with Gasteiger partial charge < -0.3 is 5.11 Å². The third-order valence-electron chi connectivity index (χ3n) is 2.83. The van der Waals surface area contributed by atoms with Crippen LogP contribution in [0.15, 0.2) is 73.3 Å². The summed E-state index contributed by atoms with van der Waals surface area (Å²) in [6, 6.07) is 18.5. The lowest BCUT2D eigenvalue weighted by Crippen LogP contribution is -2.02. The quantitative estimate of drug-likeness (QED) is 0.508. The first kappa shape index (κ1) is 12.8. The van der Waals surface area contributed by atoms with Gasteiger partial charge in [-0.2, -0.15) is 0 Å². The summed E-state index contributed by atoms with van der Waals surface area (Å²) in [4.78, 5) is 11.6. The second kappa shape index (κ2) is 5.83. The second-order valence-electron chi connectivity index (χ2n) is 4.03. The molecule has 0 atom stereocenters. The van der Waals surface area contributed by atoms with Crippen LogP contribution in [0.5, 0.6) is 0 Å². The number of aliphatic carboxylic acids is 1. The highest BCUT2D eigenvalue weighted by Crippen LogP contribution is 2.27. The third kappa shape index (κ3) is 2.80. The van der Waals surface area contributed by atoms with Gasteiger partial charge in [-0.1, -0.05) is 73.3 Å². The van der Waals surface area contributed by atoms with Crippen LogP contribution in [0.25, 0.3) is 11.1 Å². The maximum atomic E-state index is 11.6.